The van der Waals surface area contributed by atoms with Crippen LogP contribution >= 0.6 is 0 Å². The van der Waals surface area contributed by atoms with Gasteiger partial charge in [-0.05, 0) is 18.1 Å². The van der Waals surface area contributed by atoms with E-state index >= 15 is 0 Å². The second-order valence-electron chi connectivity index (χ2n) is 6.82. The Morgan fingerprint density at radius 1 is 1.27 bits per heavy atom. The summed E-state index contributed by atoms with van der Waals surface area (Å²) in [5.41, 5.74) is 0. The number of hydrogen-bond donors (Lipinski definition) is 2. The van der Waals surface area contributed by atoms with Crippen LogP contribution < -0.4 is 10.6 Å². The van der Waals surface area contributed by atoms with E-state index in [9.17, 15) is 0 Å². The van der Waals surface area contributed by atoms with Gasteiger partial charge in [-0.3, -0.25) is 9.89 Å². The molecule has 0 saturated carbocycles. The van der Waals surface area contributed by atoms with E-state index in [1.54, 1.807) is 13.4 Å². The molecule has 0 amide bonds. The molecule has 1 atom stereocenters. The molecule has 2 heterocycles. The zero-order valence-electron chi connectivity index (χ0n) is 16.4. The van der Waals surface area contributed by atoms with E-state index in [-0.39, 0.29) is 0 Å². The van der Waals surface area contributed by atoms with Crippen LogP contribution in [0.3, 0.4) is 0 Å². The Morgan fingerprint density at radius 2 is 2.04 bits per heavy atom. The van der Waals surface area contributed by atoms with Crippen molar-refractivity contribution in [1.82, 2.24) is 15.5 Å². The van der Waals surface area contributed by atoms with Crippen molar-refractivity contribution in [3.63, 3.8) is 0 Å². The molecule has 1 aromatic heterocycles. The summed E-state index contributed by atoms with van der Waals surface area (Å²) in [7, 11) is 1.70. The summed E-state index contributed by atoms with van der Waals surface area (Å²) in [4.78, 5) is 7.33. The van der Waals surface area contributed by atoms with Crippen LogP contribution in [0.5, 0.6) is 0 Å². The van der Waals surface area contributed by atoms with Gasteiger partial charge < -0.3 is 24.5 Å². The minimum atomic E-state index is 0.421. The van der Waals surface area contributed by atoms with Crippen LogP contribution in [-0.2, 0) is 15.9 Å². The zero-order valence-corrected chi connectivity index (χ0v) is 16.4. The molecule has 0 aliphatic carbocycles. The summed E-state index contributed by atoms with van der Waals surface area (Å²) >= 11 is 0. The average Bonchev–Trinajstić information content (AvgIpc) is 3.15. The smallest absolute Gasteiger partial charge is 0.191 e. The molecule has 148 valence electrons. The van der Waals surface area contributed by atoms with Crippen molar-refractivity contribution in [3.05, 3.63) is 24.2 Å². The topological polar surface area (TPSA) is 71.3 Å². The molecule has 1 unspecified atom stereocenters. The van der Waals surface area contributed by atoms with Gasteiger partial charge in [-0.25, -0.2) is 0 Å². The number of nitrogens with one attached hydrogen (secondary N) is 2. The summed E-state index contributed by atoms with van der Waals surface area (Å²) in [6.45, 7) is 11.0. The molecule has 1 fully saturated rings. The monoisotopic (exact) mass is 366 g/mol. The van der Waals surface area contributed by atoms with Crippen molar-refractivity contribution >= 4 is 5.96 Å². The van der Waals surface area contributed by atoms with Crippen LogP contribution in [-0.4, -0.2) is 76.6 Å². The molecular weight excluding hydrogens is 332 g/mol. The molecule has 1 aliphatic rings. The van der Waals surface area contributed by atoms with Gasteiger partial charge in [-0.1, -0.05) is 13.8 Å². The Balaban J connectivity index is 1.89. The lowest BCUT2D eigenvalue weighted by atomic mass is 10.0. The maximum absolute atomic E-state index is 5.48. The first-order chi connectivity index (χ1) is 12.7. The third kappa shape index (κ3) is 7.35. The summed E-state index contributed by atoms with van der Waals surface area (Å²) < 4.78 is 16.0. The van der Waals surface area contributed by atoms with Crippen molar-refractivity contribution in [2.24, 2.45) is 10.9 Å². The number of nitrogens with zero attached hydrogens (tertiary/aromatic N) is 2. The van der Waals surface area contributed by atoms with Crippen LogP contribution in [0.25, 0.3) is 0 Å². The number of guanidine groups is 1. The van der Waals surface area contributed by atoms with Gasteiger partial charge in [-0.15, -0.1) is 0 Å². The highest BCUT2D eigenvalue weighted by molar-refractivity contribution is 5.79. The van der Waals surface area contributed by atoms with E-state index in [0.717, 1.165) is 64.1 Å². The fourth-order valence-corrected chi connectivity index (χ4v) is 3.05. The van der Waals surface area contributed by atoms with Gasteiger partial charge in [0, 0.05) is 45.8 Å². The van der Waals surface area contributed by atoms with Gasteiger partial charge in [0.2, 0.25) is 0 Å². The number of aliphatic imine (C=N–C) groups is 1. The number of hydrogen-bond acceptors (Lipinski definition) is 5. The van der Waals surface area contributed by atoms with E-state index in [2.05, 4.69) is 29.4 Å². The summed E-state index contributed by atoms with van der Waals surface area (Å²) in [6.07, 6.45) is 2.53. The van der Waals surface area contributed by atoms with E-state index in [1.807, 2.05) is 12.1 Å². The molecule has 7 heteroatoms. The minimum absolute atomic E-state index is 0.421. The Hall–Kier alpha value is -1.57. The fourth-order valence-electron chi connectivity index (χ4n) is 3.05. The number of furan rings is 1. The van der Waals surface area contributed by atoms with Crippen molar-refractivity contribution in [2.45, 2.75) is 26.3 Å². The van der Waals surface area contributed by atoms with Crippen molar-refractivity contribution in [3.8, 4) is 0 Å². The number of methoxy groups -OCH3 is 1. The quantitative estimate of drug-likeness (QED) is 0.370. The van der Waals surface area contributed by atoms with Crippen LogP contribution in [0.1, 0.15) is 19.6 Å². The summed E-state index contributed by atoms with van der Waals surface area (Å²) in [5.74, 6) is 2.34. The van der Waals surface area contributed by atoms with Gasteiger partial charge in [0.25, 0.3) is 0 Å². The number of ether oxygens (including phenoxy) is 2. The third-order valence-corrected chi connectivity index (χ3v) is 4.56. The molecule has 0 spiro atoms. The molecule has 2 rings (SSSR count). The molecule has 0 aromatic carbocycles. The lowest BCUT2D eigenvalue weighted by molar-refractivity contribution is 0.00867. The van der Waals surface area contributed by atoms with E-state index in [0.29, 0.717) is 18.6 Å². The Labute approximate surface area is 157 Å². The van der Waals surface area contributed by atoms with Gasteiger partial charge in [0.15, 0.2) is 5.96 Å². The largest absolute Gasteiger partial charge is 0.469 e. The zero-order chi connectivity index (χ0) is 18.6. The number of morpholine rings is 1. The average molecular weight is 367 g/mol. The van der Waals surface area contributed by atoms with Crippen molar-refractivity contribution in [2.75, 3.05) is 59.7 Å². The first-order valence-electron chi connectivity index (χ1n) is 9.56. The Bertz CT molecular complexity index is 499. The van der Waals surface area contributed by atoms with Crippen molar-refractivity contribution < 1.29 is 13.9 Å². The first-order valence-corrected chi connectivity index (χ1v) is 9.56. The van der Waals surface area contributed by atoms with Gasteiger partial charge >= 0.3 is 0 Å². The van der Waals surface area contributed by atoms with Crippen LogP contribution in [0.15, 0.2) is 27.8 Å². The highest BCUT2D eigenvalue weighted by Gasteiger charge is 2.23. The van der Waals surface area contributed by atoms with Crippen LogP contribution in [0.2, 0.25) is 0 Å². The molecule has 2 N–H and O–H groups in total. The first kappa shape index (κ1) is 20.7. The Morgan fingerprint density at radius 3 is 2.69 bits per heavy atom. The normalized spacial score (nSPS) is 17.5. The molecule has 7 nitrogen and oxygen atoms in total. The standard InChI is InChI=1S/C19H34N4O3/c1-16(2)18(23-9-13-25-14-10-23)15-22-19(21-8-12-24-3)20-7-6-17-5-4-11-26-17/h4-5,11,16,18H,6-10,12-15H2,1-3H3,(H2,20,21,22). The lowest BCUT2D eigenvalue weighted by Crippen LogP contribution is -2.48. The van der Waals surface area contributed by atoms with Crippen LogP contribution in [0.4, 0.5) is 0 Å². The minimum Gasteiger partial charge on any atom is -0.469 e. The summed E-state index contributed by atoms with van der Waals surface area (Å²) in [6, 6.07) is 4.32. The second-order valence-corrected chi connectivity index (χ2v) is 6.82. The molecular formula is C19H34N4O3. The highest BCUT2D eigenvalue weighted by atomic mass is 16.5. The molecule has 0 radical (unpaired) electrons. The molecule has 0 bridgehead atoms. The predicted molar refractivity (Wildman–Crippen MR) is 104 cm³/mol. The van der Waals surface area contributed by atoms with Gasteiger partial charge in [0.1, 0.15) is 5.76 Å². The molecule has 1 aromatic rings. The van der Waals surface area contributed by atoms with Crippen LogP contribution in [0, 0.1) is 5.92 Å². The highest BCUT2D eigenvalue weighted by Crippen LogP contribution is 2.13. The Kier molecular flexibility index (Phi) is 9.52. The van der Waals surface area contributed by atoms with E-state index < -0.39 is 0 Å². The molecule has 26 heavy (non-hydrogen) atoms. The summed E-state index contributed by atoms with van der Waals surface area (Å²) in [5, 5.41) is 6.73. The number of rotatable bonds is 10. The maximum atomic E-state index is 5.48. The van der Waals surface area contributed by atoms with Gasteiger partial charge in [0.05, 0.1) is 32.6 Å². The SMILES string of the molecule is COCCNC(=NCC(C(C)C)N1CCOCC1)NCCc1ccco1. The van der Waals surface area contributed by atoms with Crippen molar-refractivity contribution in [1.29, 1.82) is 0 Å². The third-order valence-electron chi connectivity index (χ3n) is 4.56. The molecule has 1 aliphatic heterocycles. The van der Waals surface area contributed by atoms with Gasteiger partial charge in [-0.2, -0.15) is 0 Å². The molecule has 1 saturated heterocycles. The fraction of sp³-hybridized carbons (Fsp3) is 0.737. The van der Waals surface area contributed by atoms with E-state index in [4.69, 9.17) is 18.9 Å². The predicted octanol–water partition coefficient (Wildman–Crippen LogP) is 1.36. The second kappa shape index (κ2) is 11.9. The maximum Gasteiger partial charge on any atom is 0.191 e. The van der Waals surface area contributed by atoms with E-state index in [1.165, 1.54) is 0 Å². The lowest BCUT2D eigenvalue weighted by Gasteiger charge is -2.36.